The largest absolute Gasteiger partial charge is 0.370 e. The number of nitrogens with zero attached hydrogens (tertiary/aromatic N) is 3. The predicted molar refractivity (Wildman–Crippen MR) is 95.3 cm³/mol. The van der Waals surface area contributed by atoms with Gasteiger partial charge in [-0.1, -0.05) is 36.4 Å². The van der Waals surface area contributed by atoms with Crippen LogP contribution < -0.4 is 0 Å². The van der Waals surface area contributed by atoms with E-state index in [0.29, 0.717) is 19.5 Å². The second-order valence-corrected chi connectivity index (χ2v) is 6.63. The summed E-state index contributed by atoms with van der Waals surface area (Å²) in [5, 5.41) is 0. The maximum Gasteiger partial charge on any atom is 0.228 e. The zero-order chi connectivity index (χ0) is 17.4. The fourth-order valence-electron chi connectivity index (χ4n) is 3.52. The van der Waals surface area contributed by atoms with Crippen LogP contribution in [0, 0.1) is 6.92 Å². The summed E-state index contributed by atoms with van der Waals surface area (Å²) in [4.78, 5) is 19.0. The number of aryl methyl sites for hydroxylation is 1. The first-order valence-corrected chi connectivity index (χ1v) is 8.43. The summed E-state index contributed by atoms with van der Waals surface area (Å²) in [6, 6.07) is 14.1. The molecule has 2 aromatic heterocycles. The van der Waals surface area contributed by atoms with Crippen molar-refractivity contribution in [3.63, 3.8) is 0 Å². The van der Waals surface area contributed by atoms with Crippen LogP contribution in [0.4, 0.5) is 0 Å². The van der Waals surface area contributed by atoms with E-state index in [2.05, 4.69) is 17.1 Å². The van der Waals surface area contributed by atoms with Crippen LogP contribution in [-0.4, -0.2) is 40.4 Å². The lowest BCUT2D eigenvalue weighted by Crippen LogP contribution is -2.62. The highest BCUT2D eigenvalue weighted by atomic mass is 16.5. The van der Waals surface area contributed by atoms with E-state index in [9.17, 15) is 4.79 Å². The number of fused-ring (bicyclic) bond motifs is 1. The zero-order valence-electron chi connectivity index (χ0n) is 14.5. The first kappa shape index (κ1) is 15.8. The average molecular weight is 335 g/mol. The molecule has 1 aromatic carbocycles. The van der Waals surface area contributed by atoms with Crippen molar-refractivity contribution in [3.8, 4) is 0 Å². The summed E-state index contributed by atoms with van der Waals surface area (Å²) in [5.74, 6) is 0.104. The fourth-order valence-corrected chi connectivity index (χ4v) is 3.52. The van der Waals surface area contributed by atoms with Crippen molar-refractivity contribution in [2.75, 3.05) is 20.2 Å². The molecule has 0 N–H and O–H groups in total. The number of likely N-dealkylation sites (tertiary alicyclic amines) is 1. The number of benzene rings is 1. The normalized spacial score (nSPS) is 16.0. The summed E-state index contributed by atoms with van der Waals surface area (Å²) in [6.07, 6.45) is 4.09. The van der Waals surface area contributed by atoms with Gasteiger partial charge in [0.1, 0.15) is 11.2 Å². The molecule has 1 saturated heterocycles. The van der Waals surface area contributed by atoms with E-state index in [-0.39, 0.29) is 11.5 Å². The van der Waals surface area contributed by atoms with Gasteiger partial charge in [0.05, 0.1) is 25.2 Å². The highest BCUT2D eigenvalue weighted by molar-refractivity contribution is 5.80. The second kappa shape index (κ2) is 6.01. The Morgan fingerprint density at radius 2 is 1.96 bits per heavy atom. The van der Waals surface area contributed by atoms with Gasteiger partial charge in [0.25, 0.3) is 0 Å². The summed E-state index contributed by atoms with van der Waals surface area (Å²) in [5.41, 5.74) is 3.66. The number of imidazole rings is 1. The molecule has 4 rings (SSSR count). The van der Waals surface area contributed by atoms with Gasteiger partial charge in [0.2, 0.25) is 5.91 Å². The predicted octanol–water partition coefficient (Wildman–Crippen LogP) is 2.57. The monoisotopic (exact) mass is 335 g/mol. The molecule has 1 amide bonds. The van der Waals surface area contributed by atoms with E-state index >= 15 is 0 Å². The van der Waals surface area contributed by atoms with Crippen LogP contribution in [0.5, 0.6) is 0 Å². The Morgan fingerprint density at radius 3 is 2.68 bits per heavy atom. The Labute approximate surface area is 146 Å². The molecule has 0 spiro atoms. The van der Waals surface area contributed by atoms with E-state index in [1.807, 2.05) is 52.8 Å². The Hall–Kier alpha value is -2.66. The van der Waals surface area contributed by atoms with Gasteiger partial charge < -0.3 is 14.0 Å². The highest BCUT2D eigenvalue weighted by Gasteiger charge is 2.46. The SMILES string of the molecule is COC1(c2ccccc2)CN(C(=O)Cc2cnc3c(C)cccn23)C1. The smallest absolute Gasteiger partial charge is 0.228 e. The third-order valence-corrected chi connectivity index (χ3v) is 5.08. The standard InChI is InChI=1S/C20H21N3O2/c1-15-7-6-10-23-17(12-21-19(15)23)11-18(24)22-13-20(14-22,25-2)16-8-4-3-5-9-16/h3-10,12H,11,13-14H2,1-2H3. The van der Waals surface area contributed by atoms with Crippen LogP contribution in [0.25, 0.3) is 5.65 Å². The van der Waals surface area contributed by atoms with Crippen LogP contribution in [0.3, 0.4) is 0 Å². The number of methoxy groups -OCH3 is 1. The number of rotatable bonds is 4. The van der Waals surface area contributed by atoms with Gasteiger partial charge in [-0.2, -0.15) is 0 Å². The highest BCUT2D eigenvalue weighted by Crippen LogP contribution is 2.35. The molecule has 0 bridgehead atoms. The molecule has 0 unspecified atom stereocenters. The molecule has 25 heavy (non-hydrogen) atoms. The Bertz CT molecular complexity index is 911. The van der Waals surface area contributed by atoms with Crippen molar-refractivity contribution < 1.29 is 9.53 Å². The molecule has 3 aromatic rings. The quantitative estimate of drug-likeness (QED) is 0.736. The summed E-state index contributed by atoms with van der Waals surface area (Å²) < 4.78 is 7.74. The molecular weight excluding hydrogens is 314 g/mol. The maximum absolute atomic E-state index is 12.7. The van der Waals surface area contributed by atoms with E-state index < -0.39 is 0 Å². The van der Waals surface area contributed by atoms with Gasteiger partial charge in [0, 0.05) is 19.5 Å². The molecule has 5 heteroatoms. The Balaban J connectivity index is 1.49. The third-order valence-electron chi connectivity index (χ3n) is 5.08. The molecule has 1 aliphatic rings. The van der Waals surface area contributed by atoms with Crippen molar-refractivity contribution in [2.24, 2.45) is 0 Å². The van der Waals surface area contributed by atoms with E-state index in [0.717, 1.165) is 22.5 Å². The van der Waals surface area contributed by atoms with Crippen molar-refractivity contribution in [1.82, 2.24) is 14.3 Å². The average Bonchev–Trinajstić information content (AvgIpc) is 3.00. The van der Waals surface area contributed by atoms with Gasteiger partial charge in [-0.3, -0.25) is 4.79 Å². The molecule has 1 fully saturated rings. The number of carbonyl (C=O) groups excluding carboxylic acids is 1. The Kier molecular flexibility index (Phi) is 3.81. The zero-order valence-corrected chi connectivity index (χ0v) is 14.5. The lowest BCUT2D eigenvalue weighted by molar-refractivity contribution is -0.164. The number of pyridine rings is 1. The second-order valence-electron chi connectivity index (χ2n) is 6.63. The van der Waals surface area contributed by atoms with E-state index in [1.54, 1.807) is 13.3 Å². The van der Waals surface area contributed by atoms with Crippen molar-refractivity contribution in [3.05, 3.63) is 71.7 Å². The Morgan fingerprint density at radius 1 is 1.20 bits per heavy atom. The third kappa shape index (κ3) is 2.61. The summed E-state index contributed by atoms with van der Waals surface area (Å²) >= 11 is 0. The molecule has 0 atom stereocenters. The van der Waals surface area contributed by atoms with Crippen LogP contribution in [-0.2, 0) is 21.6 Å². The number of ether oxygens (including phenoxy) is 1. The number of hydrogen-bond acceptors (Lipinski definition) is 3. The molecule has 1 aliphatic heterocycles. The van der Waals surface area contributed by atoms with Crippen molar-refractivity contribution in [2.45, 2.75) is 18.9 Å². The number of carbonyl (C=O) groups is 1. The molecule has 0 aliphatic carbocycles. The van der Waals surface area contributed by atoms with Gasteiger partial charge in [-0.05, 0) is 24.1 Å². The van der Waals surface area contributed by atoms with Gasteiger partial charge in [-0.25, -0.2) is 4.98 Å². The lowest BCUT2D eigenvalue weighted by Gasteiger charge is -2.49. The molecule has 3 heterocycles. The van der Waals surface area contributed by atoms with Crippen LogP contribution >= 0.6 is 0 Å². The number of hydrogen-bond donors (Lipinski definition) is 0. The van der Waals surface area contributed by atoms with E-state index in [1.165, 1.54) is 0 Å². The fraction of sp³-hybridized carbons (Fsp3) is 0.300. The number of amides is 1. The molecule has 5 nitrogen and oxygen atoms in total. The molecular formula is C20H21N3O2. The first-order valence-electron chi connectivity index (χ1n) is 8.43. The minimum absolute atomic E-state index is 0.104. The van der Waals surface area contributed by atoms with Crippen LogP contribution in [0.2, 0.25) is 0 Å². The molecule has 0 saturated carbocycles. The van der Waals surface area contributed by atoms with Crippen molar-refractivity contribution >= 4 is 11.6 Å². The first-order chi connectivity index (χ1) is 12.1. The minimum Gasteiger partial charge on any atom is -0.370 e. The van der Waals surface area contributed by atoms with E-state index in [4.69, 9.17) is 4.74 Å². The summed E-state index contributed by atoms with van der Waals surface area (Å²) in [6.45, 7) is 3.19. The molecule has 128 valence electrons. The van der Waals surface area contributed by atoms with Crippen LogP contribution in [0.15, 0.2) is 54.9 Å². The van der Waals surface area contributed by atoms with Crippen molar-refractivity contribution in [1.29, 1.82) is 0 Å². The molecule has 0 radical (unpaired) electrons. The topological polar surface area (TPSA) is 46.8 Å². The summed E-state index contributed by atoms with van der Waals surface area (Å²) in [7, 11) is 1.71. The lowest BCUT2D eigenvalue weighted by atomic mass is 9.85. The maximum atomic E-state index is 12.7. The van der Waals surface area contributed by atoms with Gasteiger partial charge >= 0.3 is 0 Å². The van der Waals surface area contributed by atoms with Gasteiger partial charge in [-0.15, -0.1) is 0 Å². The van der Waals surface area contributed by atoms with Crippen LogP contribution in [0.1, 0.15) is 16.8 Å². The minimum atomic E-state index is -0.382. The number of aromatic nitrogens is 2. The van der Waals surface area contributed by atoms with Gasteiger partial charge in [0.15, 0.2) is 0 Å².